The Morgan fingerprint density at radius 1 is 0.857 bits per heavy atom. The van der Waals surface area contributed by atoms with Gasteiger partial charge in [0.25, 0.3) is 11.8 Å². The van der Waals surface area contributed by atoms with Gasteiger partial charge in [-0.3, -0.25) is 14.5 Å². The standard InChI is InChI=1S/C30H47NO4/c1-3-5-6-7-8-9-10-11-12-13-14-15-16-17-18-21-24-35-28(34-4-2)25-31-29(32)26-22-19-20-23-27(26)30(31)33/h8-9,11-12,19,22,28H,3-7,10,13-18,20-21,23-25H2,1-2H3. The van der Waals surface area contributed by atoms with E-state index in [9.17, 15) is 9.59 Å². The Morgan fingerprint density at radius 3 is 2.23 bits per heavy atom. The minimum Gasteiger partial charge on any atom is -0.351 e. The molecule has 0 aromatic carbocycles. The molecule has 2 aliphatic rings. The molecule has 0 radical (unpaired) electrons. The summed E-state index contributed by atoms with van der Waals surface area (Å²) in [5.41, 5.74) is 1.18. The molecule has 5 nitrogen and oxygen atoms in total. The number of imide groups is 1. The Kier molecular flexibility index (Phi) is 15.3. The molecular formula is C30H47NO4. The van der Waals surface area contributed by atoms with E-state index in [4.69, 9.17) is 9.47 Å². The summed E-state index contributed by atoms with van der Waals surface area (Å²) in [6, 6.07) is 0. The highest BCUT2D eigenvalue weighted by atomic mass is 16.7. The van der Waals surface area contributed by atoms with Crippen molar-refractivity contribution in [2.45, 2.75) is 110 Å². The van der Waals surface area contributed by atoms with Gasteiger partial charge in [-0.05, 0) is 58.3 Å². The van der Waals surface area contributed by atoms with E-state index in [1.54, 1.807) is 6.08 Å². The first-order valence-corrected chi connectivity index (χ1v) is 14.0. The number of amides is 2. The van der Waals surface area contributed by atoms with Crippen molar-refractivity contribution in [2.75, 3.05) is 19.8 Å². The summed E-state index contributed by atoms with van der Waals surface area (Å²) < 4.78 is 11.6. The number of carbonyl (C=O) groups excluding carboxylic acids is 2. The molecule has 0 saturated carbocycles. The topological polar surface area (TPSA) is 55.8 Å². The summed E-state index contributed by atoms with van der Waals surface area (Å²) in [6.45, 7) is 5.37. The lowest BCUT2D eigenvalue weighted by molar-refractivity contribution is -0.163. The maximum absolute atomic E-state index is 12.6. The van der Waals surface area contributed by atoms with Crippen molar-refractivity contribution in [1.82, 2.24) is 4.90 Å². The molecule has 35 heavy (non-hydrogen) atoms. The molecule has 1 unspecified atom stereocenters. The first-order chi connectivity index (χ1) is 17.2. The van der Waals surface area contributed by atoms with Crippen LogP contribution in [0.5, 0.6) is 0 Å². The average molecular weight is 486 g/mol. The van der Waals surface area contributed by atoms with Gasteiger partial charge in [0.1, 0.15) is 0 Å². The Bertz CT molecular complexity index is 749. The number of carbonyl (C=O) groups is 2. The van der Waals surface area contributed by atoms with Crippen LogP contribution in [-0.2, 0) is 19.1 Å². The van der Waals surface area contributed by atoms with Gasteiger partial charge in [-0.25, -0.2) is 0 Å². The van der Waals surface area contributed by atoms with Gasteiger partial charge < -0.3 is 9.47 Å². The lowest BCUT2D eigenvalue weighted by Crippen LogP contribution is -2.40. The van der Waals surface area contributed by atoms with Crippen LogP contribution in [0.15, 0.2) is 47.6 Å². The Labute approximate surface area is 213 Å². The van der Waals surface area contributed by atoms with E-state index in [0.29, 0.717) is 30.8 Å². The van der Waals surface area contributed by atoms with Crippen molar-refractivity contribution < 1.29 is 19.1 Å². The molecule has 1 aliphatic carbocycles. The van der Waals surface area contributed by atoms with E-state index in [-0.39, 0.29) is 18.4 Å². The fraction of sp³-hybridized carbons (Fsp3) is 0.667. The van der Waals surface area contributed by atoms with Crippen LogP contribution in [-0.4, -0.2) is 42.8 Å². The van der Waals surface area contributed by atoms with Gasteiger partial charge in [-0.1, -0.05) is 81.9 Å². The van der Waals surface area contributed by atoms with Gasteiger partial charge in [-0.2, -0.15) is 0 Å². The predicted molar refractivity (Wildman–Crippen MR) is 143 cm³/mol. The number of rotatable bonds is 20. The molecule has 5 heteroatoms. The van der Waals surface area contributed by atoms with Gasteiger partial charge >= 0.3 is 0 Å². The average Bonchev–Trinajstić information content (AvgIpc) is 3.11. The number of hydrogen-bond acceptors (Lipinski definition) is 4. The first kappa shape index (κ1) is 29.3. The smallest absolute Gasteiger partial charge is 0.261 e. The van der Waals surface area contributed by atoms with E-state index < -0.39 is 6.29 Å². The third-order valence-corrected chi connectivity index (χ3v) is 6.48. The van der Waals surface area contributed by atoms with E-state index in [1.807, 2.05) is 13.0 Å². The molecule has 0 fully saturated rings. The molecule has 0 bridgehead atoms. The molecule has 1 atom stereocenters. The van der Waals surface area contributed by atoms with Crippen molar-refractivity contribution in [2.24, 2.45) is 0 Å². The highest BCUT2D eigenvalue weighted by Crippen LogP contribution is 2.29. The van der Waals surface area contributed by atoms with Gasteiger partial charge in [0, 0.05) is 24.4 Å². The van der Waals surface area contributed by atoms with Gasteiger partial charge in [-0.15, -0.1) is 0 Å². The van der Waals surface area contributed by atoms with Crippen LogP contribution < -0.4 is 0 Å². The molecule has 0 N–H and O–H groups in total. The molecular weight excluding hydrogens is 438 g/mol. The largest absolute Gasteiger partial charge is 0.351 e. The third-order valence-electron chi connectivity index (χ3n) is 6.48. The first-order valence-electron chi connectivity index (χ1n) is 14.0. The summed E-state index contributed by atoms with van der Waals surface area (Å²) in [6.07, 6.45) is 28.3. The molecule has 0 spiro atoms. The molecule has 196 valence electrons. The van der Waals surface area contributed by atoms with Crippen LogP contribution in [0.1, 0.15) is 104 Å². The monoisotopic (exact) mass is 485 g/mol. The number of hydrogen-bond donors (Lipinski definition) is 0. The number of nitrogens with zero attached hydrogens (tertiary/aromatic N) is 1. The minimum atomic E-state index is -0.559. The quantitative estimate of drug-likeness (QED) is 0.0792. The van der Waals surface area contributed by atoms with Crippen molar-refractivity contribution >= 4 is 11.8 Å². The van der Waals surface area contributed by atoms with Crippen molar-refractivity contribution in [3.05, 3.63) is 47.6 Å². The number of allylic oxidation sites excluding steroid dienone is 5. The highest BCUT2D eigenvalue weighted by molar-refractivity contribution is 6.20. The second-order valence-corrected chi connectivity index (χ2v) is 9.39. The van der Waals surface area contributed by atoms with Gasteiger partial charge in [0.05, 0.1) is 6.54 Å². The molecule has 1 aliphatic heterocycles. The normalized spacial score (nSPS) is 16.9. The Morgan fingerprint density at radius 2 is 1.54 bits per heavy atom. The molecule has 2 amide bonds. The van der Waals surface area contributed by atoms with Crippen LogP contribution in [0.25, 0.3) is 0 Å². The summed E-state index contributed by atoms with van der Waals surface area (Å²) >= 11 is 0. The predicted octanol–water partition coefficient (Wildman–Crippen LogP) is 7.19. The minimum absolute atomic E-state index is 0.161. The second-order valence-electron chi connectivity index (χ2n) is 9.39. The fourth-order valence-corrected chi connectivity index (χ4v) is 4.45. The highest BCUT2D eigenvalue weighted by Gasteiger charge is 2.38. The Hall–Kier alpha value is -1.98. The van der Waals surface area contributed by atoms with Crippen LogP contribution in [0.4, 0.5) is 0 Å². The van der Waals surface area contributed by atoms with Crippen molar-refractivity contribution in [3.8, 4) is 0 Å². The van der Waals surface area contributed by atoms with E-state index in [2.05, 4.69) is 31.2 Å². The lowest BCUT2D eigenvalue weighted by atomic mass is 10.00. The lowest BCUT2D eigenvalue weighted by Gasteiger charge is -2.23. The van der Waals surface area contributed by atoms with Crippen LogP contribution in [0.2, 0.25) is 0 Å². The zero-order valence-electron chi connectivity index (χ0n) is 22.1. The maximum atomic E-state index is 12.6. The number of unbranched alkanes of at least 4 members (excludes halogenated alkanes) is 9. The van der Waals surface area contributed by atoms with E-state index >= 15 is 0 Å². The van der Waals surface area contributed by atoms with Gasteiger partial charge in [0.2, 0.25) is 0 Å². The van der Waals surface area contributed by atoms with Crippen molar-refractivity contribution in [1.29, 1.82) is 0 Å². The molecule has 0 saturated heterocycles. The number of ether oxygens (including phenoxy) is 2. The molecule has 0 aromatic heterocycles. The summed E-state index contributed by atoms with van der Waals surface area (Å²) in [5.74, 6) is -0.403. The van der Waals surface area contributed by atoms with Crippen LogP contribution in [0.3, 0.4) is 0 Å². The molecule has 2 rings (SSSR count). The summed E-state index contributed by atoms with van der Waals surface area (Å²) in [7, 11) is 0. The molecule has 0 aromatic rings. The maximum Gasteiger partial charge on any atom is 0.261 e. The van der Waals surface area contributed by atoms with Crippen LogP contribution >= 0.6 is 0 Å². The van der Waals surface area contributed by atoms with Gasteiger partial charge in [0.15, 0.2) is 6.29 Å². The third kappa shape index (κ3) is 11.1. The van der Waals surface area contributed by atoms with Crippen LogP contribution in [0, 0.1) is 0 Å². The van der Waals surface area contributed by atoms with E-state index in [1.165, 1.54) is 62.7 Å². The fourth-order valence-electron chi connectivity index (χ4n) is 4.45. The van der Waals surface area contributed by atoms with Crippen molar-refractivity contribution in [3.63, 3.8) is 0 Å². The Balaban J connectivity index is 1.49. The zero-order chi connectivity index (χ0) is 25.1. The summed E-state index contributed by atoms with van der Waals surface area (Å²) in [4.78, 5) is 26.5. The second kappa shape index (κ2) is 18.3. The van der Waals surface area contributed by atoms with E-state index in [0.717, 1.165) is 25.7 Å². The SMILES string of the molecule is CCCCCC=CCC=CCCCCCCCCOC(CN1C(=O)C2=C(CCC=C2)C1=O)OCC. The molecule has 1 heterocycles. The summed E-state index contributed by atoms with van der Waals surface area (Å²) in [5, 5.41) is 0. The zero-order valence-corrected chi connectivity index (χ0v) is 22.1.